The fourth-order valence-electron chi connectivity index (χ4n) is 2.27. The Hall–Kier alpha value is -1.48. The maximum atomic E-state index is 5.72. The predicted molar refractivity (Wildman–Crippen MR) is 57.9 cm³/mol. The molecule has 3 rings (SSSR count). The fourth-order valence-corrected chi connectivity index (χ4v) is 2.27. The molecule has 1 aromatic carbocycles. The zero-order valence-corrected chi connectivity index (χ0v) is 8.45. The van der Waals surface area contributed by atoms with E-state index in [2.05, 4.69) is 12.1 Å². The first kappa shape index (κ1) is 8.80. The van der Waals surface area contributed by atoms with Gasteiger partial charge >= 0.3 is 0 Å². The monoisotopic (exact) mass is 203 g/mol. The Morgan fingerprint density at radius 3 is 3.07 bits per heavy atom. The van der Waals surface area contributed by atoms with Crippen LogP contribution in [0.3, 0.4) is 0 Å². The van der Waals surface area contributed by atoms with Crippen LogP contribution in [-0.2, 0) is 6.42 Å². The molecule has 0 saturated heterocycles. The van der Waals surface area contributed by atoms with Crippen molar-refractivity contribution in [1.82, 2.24) is 0 Å². The first-order valence-corrected chi connectivity index (χ1v) is 5.21. The van der Waals surface area contributed by atoms with E-state index in [9.17, 15) is 0 Å². The molecule has 1 heterocycles. The Kier molecular flexibility index (Phi) is 1.92. The minimum atomic E-state index is 0.341. The summed E-state index contributed by atoms with van der Waals surface area (Å²) in [5.74, 6) is 1.79. The second kappa shape index (κ2) is 3.28. The Labute approximate surface area is 88.5 Å². The normalized spacial score (nSPS) is 17.3. The average molecular weight is 203 g/mol. The van der Waals surface area contributed by atoms with E-state index >= 15 is 0 Å². The quantitative estimate of drug-likeness (QED) is 0.755. The molecule has 0 unspecified atom stereocenters. The van der Waals surface area contributed by atoms with Crippen molar-refractivity contribution in [1.29, 1.82) is 0 Å². The highest BCUT2D eigenvalue weighted by Crippen LogP contribution is 2.41. The molecule has 0 aromatic heterocycles. The van der Waals surface area contributed by atoms with Crippen LogP contribution in [-0.4, -0.2) is 13.3 Å². The second-order valence-electron chi connectivity index (χ2n) is 3.80. The summed E-state index contributed by atoms with van der Waals surface area (Å²) in [6, 6.07) is 4.05. The van der Waals surface area contributed by atoms with Gasteiger partial charge < -0.3 is 15.2 Å². The maximum absolute atomic E-state index is 5.72. The third-order valence-corrected chi connectivity index (χ3v) is 2.99. The number of nitrogens with two attached hydrogens (primary N) is 1. The van der Waals surface area contributed by atoms with Crippen LogP contribution in [0.4, 0.5) is 0 Å². The van der Waals surface area contributed by atoms with Crippen molar-refractivity contribution in [3.63, 3.8) is 0 Å². The van der Waals surface area contributed by atoms with Crippen molar-refractivity contribution in [3.05, 3.63) is 29.3 Å². The molecule has 2 N–H and O–H groups in total. The van der Waals surface area contributed by atoms with Gasteiger partial charge in [0.05, 0.1) is 0 Å². The van der Waals surface area contributed by atoms with Crippen molar-refractivity contribution >= 4 is 5.57 Å². The Morgan fingerprint density at radius 2 is 2.20 bits per heavy atom. The first-order chi connectivity index (χ1) is 7.40. The summed E-state index contributed by atoms with van der Waals surface area (Å²) >= 11 is 0. The number of rotatable bonds is 1. The van der Waals surface area contributed by atoms with Gasteiger partial charge in [-0.2, -0.15) is 0 Å². The van der Waals surface area contributed by atoms with Gasteiger partial charge in [-0.05, 0) is 30.0 Å². The van der Waals surface area contributed by atoms with Crippen LogP contribution in [0.1, 0.15) is 17.5 Å². The van der Waals surface area contributed by atoms with Gasteiger partial charge in [-0.15, -0.1) is 0 Å². The molecule has 0 atom stereocenters. The highest BCUT2D eigenvalue weighted by Gasteiger charge is 2.23. The molecule has 0 amide bonds. The molecule has 2 aliphatic rings. The molecular formula is C12H13NO2. The molecule has 1 aliphatic carbocycles. The van der Waals surface area contributed by atoms with Crippen molar-refractivity contribution in [3.8, 4) is 11.5 Å². The van der Waals surface area contributed by atoms with Gasteiger partial charge in [0.2, 0.25) is 6.79 Å². The van der Waals surface area contributed by atoms with E-state index in [1.807, 2.05) is 6.07 Å². The summed E-state index contributed by atoms with van der Waals surface area (Å²) in [7, 11) is 0. The molecule has 3 nitrogen and oxygen atoms in total. The maximum Gasteiger partial charge on any atom is 0.231 e. The second-order valence-corrected chi connectivity index (χ2v) is 3.80. The molecule has 0 bridgehead atoms. The van der Waals surface area contributed by atoms with Crippen molar-refractivity contribution < 1.29 is 9.47 Å². The van der Waals surface area contributed by atoms with Gasteiger partial charge in [0.15, 0.2) is 11.5 Å². The summed E-state index contributed by atoms with van der Waals surface area (Å²) in [4.78, 5) is 0. The molecule has 3 heteroatoms. The summed E-state index contributed by atoms with van der Waals surface area (Å²) < 4.78 is 10.9. The largest absolute Gasteiger partial charge is 0.454 e. The number of fused-ring (bicyclic) bond motifs is 3. The zero-order chi connectivity index (χ0) is 10.3. The van der Waals surface area contributed by atoms with Gasteiger partial charge in [0, 0.05) is 12.1 Å². The summed E-state index contributed by atoms with van der Waals surface area (Å²) in [6.45, 7) is 0.931. The van der Waals surface area contributed by atoms with Crippen LogP contribution in [0, 0.1) is 0 Å². The molecule has 1 aromatic rings. The van der Waals surface area contributed by atoms with Gasteiger partial charge in [0.1, 0.15) is 0 Å². The highest BCUT2D eigenvalue weighted by atomic mass is 16.7. The van der Waals surface area contributed by atoms with E-state index in [-0.39, 0.29) is 0 Å². The lowest BCUT2D eigenvalue weighted by Gasteiger charge is -2.18. The van der Waals surface area contributed by atoms with E-state index in [0.29, 0.717) is 13.3 Å². The molecule has 0 fully saturated rings. The Morgan fingerprint density at radius 1 is 1.27 bits per heavy atom. The van der Waals surface area contributed by atoms with E-state index in [1.165, 1.54) is 16.7 Å². The third kappa shape index (κ3) is 1.23. The standard InChI is InChI=1S/C12H13NO2/c13-6-8-2-1-3-10-9(8)4-5-11-12(10)15-7-14-11/h2,4-5H,1,3,6-7,13H2. The van der Waals surface area contributed by atoms with Crippen LogP contribution in [0.25, 0.3) is 5.57 Å². The Bertz CT molecular complexity index is 437. The summed E-state index contributed by atoms with van der Waals surface area (Å²) in [6.07, 6.45) is 4.27. The van der Waals surface area contributed by atoms with Crippen molar-refractivity contribution in [2.24, 2.45) is 5.73 Å². The lowest BCUT2D eigenvalue weighted by Crippen LogP contribution is -2.08. The molecule has 0 saturated carbocycles. The Balaban J connectivity index is 2.17. The molecule has 0 radical (unpaired) electrons. The van der Waals surface area contributed by atoms with Gasteiger partial charge in [-0.1, -0.05) is 12.1 Å². The van der Waals surface area contributed by atoms with E-state index in [1.54, 1.807) is 0 Å². The summed E-state index contributed by atoms with van der Waals surface area (Å²) in [5, 5.41) is 0. The minimum Gasteiger partial charge on any atom is -0.454 e. The number of benzene rings is 1. The van der Waals surface area contributed by atoms with Gasteiger partial charge in [0.25, 0.3) is 0 Å². The fraction of sp³-hybridized carbons (Fsp3) is 0.333. The number of allylic oxidation sites excluding steroid dienone is 1. The van der Waals surface area contributed by atoms with E-state index < -0.39 is 0 Å². The lowest BCUT2D eigenvalue weighted by atomic mass is 9.90. The highest BCUT2D eigenvalue weighted by molar-refractivity contribution is 5.75. The van der Waals surface area contributed by atoms with Crippen LogP contribution < -0.4 is 15.2 Å². The van der Waals surface area contributed by atoms with Crippen LogP contribution in [0.15, 0.2) is 18.2 Å². The number of hydrogen-bond donors (Lipinski definition) is 1. The topological polar surface area (TPSA) is 44.5 Å². The van der Waals surface area contributed by atoms with Crippen LogP contribution in [0.2, 0.25) is 0 Å². The minimum absolute atomic E-state index is 0.341. The molecule has 1 aliphatic heterocycles. The molecule has 15 heavy (non-hydrogen) atoms. The van der Waals surface area contributed by atoms with Crippen molar-refractivity contribution in [2.75, 3.05) is 13.3 Å². The van der Waals surface area contributed by atoms with Gasteiger partial charge in [-0.25, -0.2) is 0 Å². The van der Waals surface area contributed by atoms with Crippen molar-refractivity contribution in [2.45, 2.75) is 12.8 Å². The van der Waals surface area contributed by atoms with Gasteiger partial charge in [-0.3, -0.25) is 0 Å². The molecular weight excluding hydrogens is 190 g/mol. The van der Waals surface area contributed by atoms with E-state index in [0.717, 1.165) is 24.3 Å². The number of ether oxygens (including phenoxy) is 2. The van der Waals surface area contributed by atoms with E-state index in [4.69, 9.17) is 15.2 Å². The molecule has 0 spiro atoms. The average Bonchev–Trinajstić information content (AvgIpc) is 2.76. The zero-order valence-electron chi connectivity index (χ0n) is 8.45. The third-order valence-electron chi connectivity index (χ3n) is 2.99. The lowest BCUT2D eigenvalue weighted by molar-refractivity contribution is 0.173. The smallest absolute Gasteiger partial charge is 0.231 e. The first-order valence-electron chi connectivity index (χ1n) is 5.21. The number of hydrogen-bond acceptors (Lipinski definition) is 3. The van der Waals surface area contributed by atoms with Crippen LogP contribution in [0.5, 0.6) is 11.5 Å². The predicted octanol–water partition coefficient (Wildman–Crippen LogP) is 1.70. The summed E-state index contributed by atoms with van der Waals surface area (Å²) in [5.41, 5.74) is 9.43. The van der Waals surface area contributed by atoms with Crippen LogP contribution >= 0.6 is 0 Å². The SMILES string of the molecule is NCC1=CCCc2c1ccc1c2OCO1. The molecule has 78 valence electrons.